The second kappa shape index (κ2) is 7.01. The zero-order valence-electron chi connectivity index (χ0n) is 11.9. The molecular formula is C16H20N3S+. The van der Waals surface area contributed by atoms with Gasteiger partial charge in [-0.05, 0) is 49.7 Å². The van der Waals surface area contributed by atoms with Crippen molar-refractivity contribution in [2.75, 3.05) is 11.9 Å². The molecule has 4 heteroatoms. The largest absolute Gasteiger partial charge is 0.343 e. The monoisotopic (exact) mass is 286 g/mol. The van der Waals surface area contributed by atoms with Gasteiger partial charge in [-0.1, -0.05) is 30.3 Å². The highest BCUT2D eigenvalue weighted by Gasteiger charge is 2.07. The fraction of sp³-hybridized carbons (Fsp3) is 0.250. The van der Waals surface area contributed by atoms with E-state index in [-0.39, 0.29) is 0 Å². The summed E-state index contributed by atoms with van der Waals surface area (Å²) >= 11 is 5.30. The van der Waals surface area contributed by atoms with Gasteiger partial charge in [0, 0.05) is 12.6 Å². The Morgan fingerprint density at radius 1 is 1.15 bits per heavy atom. The molecule has 0 saturated heterocycles. The number of thiocarbonyl (C=S) groups is 1. The van der Waals surface area contributed by atoms with E-state index in [4.69, 9.17) is 12.2 Å². The van der Waals surface area contributed by atoms with Crippen LogP contribution in [0.3, 0.4) is 0 Å². The zero-order chi connectivity index (χ0) is 14.4. The molecule has 2 rings (SSSR count). The van der Waals surface area contributed by atoms with Crippen LogP contribution in [0.5, 0.6) is 0 Å². The Hall–Kier alpha value is -1.94. The standard InChI is InChI=1S/C16H19N3S/c1-12-10-13(2)18-15(11-12)19-16(20)17-9-8-14-6-4-3-5-7-14/h3-7,10-11H,8-9H2,1-2H3,(H2,17,18,19,20)/p+1. The minimum absolute atomic E-state index is 0.641. The second-order valence-electron chi connectivity index (χ2n) is 4.87. The third-order valence-electron chi connectivity index (χ3n) is 2.94. The first-order valence-electron chi connectivity index (χ1n) is 6.73. The summed E-state index contributed by atoms with van der Waals surface area (Å²) in [5.74, 6) is 0.916. The molecular weight excluding hydrogens is 266 g/mol. The van der Waals surface area contributed by atoms with Gasteiger partial charge in [0.1, 0.15) is 0 Å². The average Bonchev–Trinajstić information content (AvgIpc) is 2.38. The van der Waals surface area contributed by atoms with Gasteiger partial charge in [0.25, 0.3) is 10.9 Å². The minimum atomic E-state index is 0.641. The van der Waals surface area contributed by atoms with Crippen molar-refractivity contribution in [3.8, 4) is 0 Å². The van der Waals surface area contributed by atoms with Gasteiger partial charge in [0.05, 0.1) is 5.69 Å². The number of pyridine rings is 1. The lowest BCUT2D eigenvalue weighted by atomic mass is 10.1. The highest BCUT2D eigenvalue weighted by Crippen LogP contribution is 2.04. The van der Waals surface area contributed by atoms with E-state index in [1.165, 1.54) is 11.1 Å². The van der Waals surface area contributed by atoms with Crippen LogP contribution in [-0.4, -0.2) is 11.7 Å². The van der Waals surface area contributed by atoms with Crippen molar-refractivity contribution in [2.24, 2.45) is 0 Å². The maximum Gasteiger partial charge on any atom is 0.279 e. The molecule has 0 fully saturated rings. The molecule has 0 aliphatic carbocycles. The molecule has 0 unspecified atom stereocenters. The summed E-state index contributed by atoms with van der Waals surface area (Å²) < 4.78 is 0. The summed E-state index contributed by atoms with van der Waals surface area (Å²) in [6, 6.07) is 14.5. The fourth-order valence-electron chi connectivity index (χ4n) is 2.09. The molecule has 0 saturated carbocycles. The number of aromatic amines is 1. The summed E-state index contributed by atoms with van der Waals surface area (Å²) in [5, 5.41) is 7.03. The van der Waals surface area contributed by atoms with E-state index in [1.807, 2.05) is 19.1 Å². The van der Waals surface area contributed by atoms with Crippen LogP contribution in [0.15, 0.2) is 42.5 Å². The van der Waals surface area contributed by atoms with Crippen LogP contribution in [0.25, 0.3) is 0 Å². The van der Waals surface area contributed by atoms with E-state index in [9.17, 15) is 0 Å². The minimum Gasteiger partial charge on any atom is -0.343 e. The number of rotatable bonds is 4. The Balaban J connectivity index is 1.81. The number of aryl methyl sites for hydroxylation is 2. The van der Waals surface area contributed by atoms with Crippen LogP contribution >= 0.6 is 12.2 Å². The zero-order valence-corrected chi connectivity index (χ0v) is 12.7. The molecule has 104 valence electrons. The van der Waals surface area contributed by atoms with Crippen LogP contribution in [0.4, 0.5) is 5.82 Å². The summed E-state index contributed by atoms with van der Waals surface area (Å²) in [4.78, 5) is 3.25. The number of anilines is 1. The molecule has 0 bridgehead atoms. The Labute approximate surface area is 125 Å². The van der Waals surface area contributed by atoms with Gasteiger partial charge < -0.3 is 5.32 Å². The van der Waals surface area contributed by atoms with Gasteiger partial charge in [0.15, 0.2) is 0 Å². The summed E-state index contributed by atoms with van der Waals surface area (Å²) in [6.07, 6.45) is 0.958. The smallest absolute Gasteiger partial charge is 0.279 e. The van der Waals surface area contributed by atoms with E-state index >= 15 is 0 Å². The van der Waals surface area contributed by atoms with Crippen molar-refractivity contribution in [1.82, 2.24) is 5.32 Å². The average molecular weight is 286 g/mol. The molecule has 3 N–H and O–H groups in total. The van der Waals surface area contributed by atoms with Crippen LogP contribution in [0.1, 0.15) is 16.8 Å². The summed E-state index contributed by atoms with van der Waals surface area (Å²) in [6.45, 7) is 4.92. The second-order valence-corrected chi connectivity index (χ2v) is 5.28. The van der Waals surface area contributed by atoms with Crippen molar-refractivity contribution in [3.63, 3.8) is 0 Å². The van der Waals surface area contributed by atoms with Gasteiger partial charge in [-0.25, -0.2) is 10.3 Å². The third-order valence-corrected chi connectivity index (χ3v) is 3.18. The molecule has 1 aromatic carbocycles. The molecule has 20 heavy (non-hydrogen) atoms. The van der Waals surface area contributed by atoms with E-state index in [1.54, 1.807) is 0 Å². The number of H-pyrrole nitrogens is 1. The van der Waals surface area contributed by atoms with Gasteiger partial charge in [-0.2, -0.15) is 0 Å². The van der Waals surface area contributed by atoms with Gasteiger partial charge >= 0.3 is 0 Å². The Kier molecular flexibility index (Phi) is 5.07. The topological polar surface area (TPSA) is 38.2 Å². The first-order valence-corrected chi connectivity index (χ1v) is 7.13. The Morgan fingerprint density at radius 2 is 1.90 bits per heavy atom. The predicted octanol–water partition coefficient (Wildman–Crippen LogP) is 2.65. The van der Waals surface area contributed by atoms with Crippen LogP contribution in [-0.2, 0) is 6.42 Å². The molecule has 0 aliphatic heterocycles. The summed E-state index contributed by atoms with van der Waals surface area (Å²) in [7, 11) is 0. The molecule has 1 aromatic heterocycles. The lowest BCUT2D eigenvalue weighted by Crippen LogP contribution is -2.32. The lowest BCUT2D eigenvalue weighted by Gasteiger charge is -2.06. The normalized spacial score (nSPS) is 10.1. The number of aromatic nitrogens is 1. The molecule has 0 spiro atoms. The summed E-state index contributed by atoms with van der Waals surface area (Å²) in [5.41, 5.74) is 3.62. The van der Waals surface area contributed by atoms with Crippen LogP contribution in [0, 0.1) is 13.8 Å². The Bertz CT molecular complexity index is 561. The van der Waals surface area contributed by atoms with Crippen molar-refractivity contribution in [2.45, 2.75) is 20.3 Å². The van der Waals surface area contributed by atoms with Gasteiger partial charge in [-0.15, -0.1) is 0 Å². The van der Waals surface area contributed by atoms with E-state index in [0.29, 0.717) is 5.11 Å². The SMILES string of the molecule is Cc1cc(C)[nH+]c(NC(=S)NCCc2ccccc2)c1. The maximum atomic E-state index is 5.30. The predicted molar refractivity (Wildman–Crippen MR) is 86.8 cm³/mol. The highest BCUT2D eigenvalue weighted by molar-refractivity contribution is 7.80. The number of benzene rings is 1. The van der Waals surface area contributed by atoms with E-state index in [0.717, 1.165) is 24.5 Å². The van der Waals surface area contributed by atoms with Crippen LogP contribution in [0.2, 0.25) is 0 Å². The highest BCUT2D eigenvalue weighted by atomic mass is 32.1. The molecule has 1 heterocycles. The van der Waals surface area contributed by atoms with Gasteiger partial charge in [0.2, 0.25) is 0 Å². The molecule has 3 nitrogen and oxygen atoms in total. The molecule has 0 amide bonds. The first kappa shape index (κ1) is 14.5. The number of hydrogen-bond acceptors (Lipinski definition) is 1. The van der Waals surface area contributed by atoms with Crippen molar-refractivity contribution in [1.29, 1.82) is 0 Å². The fourth-order valence-corrected chi connectivity index (χ4v) is 2.31. The van der Waals surface area contributed by atoms with Gasteiger partial charge in [-0.3, -0.25) is 0 Å². The first-order chi connectivity index (χ1) is 9.63. The maximum absolute atomic E-state index is 5.30. The lowest BCUT2D eigenvalue weighted by molar-refractivity contribution is -0.370. The molecule has 0 atom stereocenters. The van der Waals surface area contributed by atoms with Crippen LogP contribution < -0.4 is 15.6 Å². The van der Waals surface area contributed by atoms with Crippen molar-refractivity contribution < 1.29 is 4.98 Å². The Morgan fingerprint density at radius 3 is 2.60 bits per heavy atom. The van der Waals surface area contributed by atoms with Crippen molar-refractivity contribution >= 4 is 23.1 Å². The number of nitrogens with one attached hydrogen (secondary N) is 3. The van der Waals surface area contributed by atoms with Crippen molar-refractivity contribution in [3.05, 3.63) is 59.3 Å². The quantitative estimate of drug-likeness (QED) is 0.849. The third kappa shape index (κ3) is 4.63. The number of hydrogen-bond donors (Lipinski definition) is 2. The van der Waals surface area contributed by atoms with E-state index in [2.05, 4.69) is 52.9 Å². The van der Waals surface area contributed by atoms with E-state index < -0.39 is 0 Å². The molecule has 0 aliphatic rings. The molecule has 2 aromatic rings. The molecule has 0 radical (unpaired) electrons.